The average molecular weight is 282 g/mol. The Labute approximate surface area is 112 Å². The highest BCUT2D eigenvalue weighted by molar-refractivity contribution is 6.39. The van der Waals surface area contributed by atoms with Gasteiger partial charge in [0, 0.05) is 25.7 Å². The van der Waals surface area contributed by atoms with E-state index < -0.39 is 0 Å². The van der Waals surface area contributed by atoms with E-state index in [2.05, 4.69) is 17.1 Å². The second kappa shape index (κ2) is 5.97. The summed E-state index contributed by atoms with van der Waals surface area (Å²) >= 11 is 12.4. The van der Waals surface area contributed by atoms with Crippen LogP contribution in [0.1, 0.15) is 6.92 Å². The molecular formula is C11H15Cl3N2. The van der Waals surface area contributed by atoms with Gasteiger partial charge in [-0.1, -0.05) is 29.3 Å². The number of halogens is 3. The molecule has 1 fully saturated rings. The second-order valence-corrected chi connectivity index (χ2v) is 4.63. The second-order valence-electron chi connectivity index (χ2n) is 3.82. The number of anilines is 1. The van der Waals surface area contributed by atoms with Crippen molar-refractivity contribution in [2.24, 2.45) is 0 Å². The fourth-order valence-corrected chi connectivity index (χ4v) is 2.55. The summed E-state index contributed by atoms with van der Waals surface area (Å²) in [4.78, 5) is 2.27. The van der Waals surface area contributed by atoms with E-state index in [-0.39, 0.29) is 12.4 Å². The van der Waals surface area contributed by atoms with E-state index in [9.17, 15) is 0 Å². The molecule has 1 aromatic carbocycles. The first-order valence-electron chi connectivity index (χ1n) is 5.11. The minimum atomic E-state index is 0. The maximum Gasteiger partial charge on any atom is 0.0748 e. The van der Waals surface area contributed by atoms with Crippen LogP contribution in [0.3, 0.4) is 0 Å². The Morgan fingerprint density at radius 2 is 1.94 bits per heavy atom. The van der Waals surface area contributed by atoms with E-state index in [0.717, 1.165) is 35.4 Å². The molecule has 1 heterocycles. The predicted molar refractivity (Wildman–Crippen MR) is 73.4 cm³/mol. The van der Waals surface area contributed by atoms with Crippen molar-refractivity contribution in [2.45, 2.75) is 13.0 Å². The smallest absolute Gasteiger partial charge is 0.0748 e. The average Bonchev–Trinajstić information content (AvgIpc) is 2.20. The van der Waals surface area contributed by atoms with Gasteiger partial charge in [-0.2, -0.15) is 0 Å². The Bertz CT molecular complexity index is 337. The lowest BCUT2D eigenvalue weighted by Crippen LogP contribution is -2.50. The van der Waals surface area contributed by atoms with E-state index in [0.29, 0.717) is 6.04 Å². The van der Waals surface area contributed by atoms with Crippen LogP contribution in [0.4, 0.5) is 5.69 Å². The predicted octanol–water partition coefficient (Wildman–Crippen LogP) is 3.21. The maximum atomic E-state index is 6.18. The summed E-state index contributed by atoms with van der Waals surface area (Å²) in [5.74, 6) is 0. The van der Waals surface area contributed by atoms with E-state index in [1.54, 1.807) is 0 Å². The Hall–Kier alpha value is -0.150. The molecule has 1 saturated heterocycles. The SMILES string of the molecule is C[C@H]1CNCCN1c1c(Cl)cccc1Cl.Cl. The number of nitrogens with zero attached hydrogens (tertiary/aromatic N) is 1. The number of benzene rings is 1. The zero-order chi connectivity index (χ0) is 10.8. The molecular weight excluding hydrogens is 266 g/mol. The molecule has 0 bridgehead atoms. The van der Waals surface area contributed by atoms with Crippen LogP contribution < -0.4 is 10.2 Å². The van der Waals surface area contributed by atoms with Crippen molar-refractivity contribution in [1.29, 1.82) is 0 Å². The number of hydrogen-bond acceptors (Lipinski definition) is 2. The molecule has 0 spiro atoms. The van der Waals surface area contributed by atoms with Crippen LogP contribution in [-0.4, -0.2) is 25.7 Å². The van der Waals surface area contributed by atoms with Crippen LogP contribution in [-0.2, 0) is 0 Å². The van der Waals surface area contributed by atoms with Crippen molar-refractivity contribution >= 4 is 41.3 Å². The van der Waals surface area contributed by atoms with Gasteiger partial charge in [-0.25, -0.2) is 0 Å². The third-order valence-electron chi connectivity index (χ3n) is 2.73. The van der Waals surface area contributed by atoms with Gasteiger partial charge in [0.15, 0.2) is 0 Å². The summed E-state index contributed by atoms with van der Waals surface area (Å²) in [5.41, 5.74) is 0.967. The first-order valence-corrected chi connectivity index (χ1v) is 5.87. The molecule has 1 aliphatic heterocycles. The molecule has 0 amide bonds. The van der Waals surface area contributed by atoms with Crippen LogP contribution in [0.5, 0.6) is 0 Å². The van der Waals surface area contributed by atoms with Crippen LogP contribution in [0.25, 0.3) is 0 Å². The summed E-state index contributed by atoms with van der Waals surface area (Å²) in [6.45, 7) is 5.07. The summed E-state index contributed by atoms with van der Waals surface area (Å²) < 4.78 is 0. The highest BCUT2D eigenvalue weighted by Gasteiger charge is 2.22. The van der Waals surface area contributed by atoms with E-state index in [4.69, 9.17) is 23.2 Å². The van der Waals surface area contributed by atoms with Crippen molar-refractivity contribution in [3.05, 3.63) is 28.2 Å². The molecule has 16 heavy (non-hydrogen) atoms. The first kappa shape index (κ1) is 13.9. The molecule has 0 aliphatic carbocycles. The van der Waals surface area contributed by atoms with Crippen LogP contribution in [0.2, 0.25) is 10.0 Å². The lowest BCUT2D eigenvalue weighted by atomic mass is 10.2. The largest absolute Gasteiger partial charge is 0.364 e. The summed E-state index contributed by atoms with van der Waals surface area (Å²) in [5, 5.41) is 4.81. The van der Waals surface area contributed by atoms with Crippen molar-refractivity contribution in [1.82, 2.24) is 5.32 Å². The van der Waals surface area contributed by atoms with Gasteiger partial charge in [0.2, 0.25) is 0 Å². The molecule has 0 radical (unpaired) electrons. The molecule has 90 valence electrons. The Morgan fingerprint density at radius 3 is 2.50 bits per heavy atom. The van der Waals surface area contributed by atoms with Crippen LogP contribution >= 0.6 is 35.6 Å². The van der Waals surface area contributed by atoms with Gasteiger partial charge in [0.05, 0.1) is 15.7 Å². The van der Waals surface area contributed by atoms with Gasteiger partial charge in [0.1, 0.15) is 0 Å². The van der Waals surface area contributed by atoms with E-state index in [1.807, 2.05) is 18.2 Å². The van der Waals surface area contributed by atoms with Crippen LogP contribution in [0.15, 0.2) is 18.2 Å². The number of hydrogen-bond donors (Lipinski definition) is 1. The minimum Gasteiger partial charge on any atom is -0.364 e. The molecule has 0 aromatic heterocycles. The van der Waals surface area contributed by atoms with Crippen molar-refractivity contribution in [2.75, 3.05) is 24.5 Å². The van der Waals surface area contributed by atoms with E-state index in [1.165, 1.54) is 0 Å². The summed E-state index contributed by atoms with van der Waals surface area (Å²) in [7, 11) is 0. The highest BCUT2D eigenvalue weighted by atomic mass is 35.5. The third kappa shape index (κ3) is 2.75. The van der Waals surface area contributed by atoms with Gasteiger partial charge >= 0.3 is 0 Å². The zero-order valence-electron chi connectivity index (χ0n) is 9.04. The van der Waals surface area contributed by atoms with Crippen molar-refractivity contribution in [3.8, 4) is 0 Å². The molecule has 0 unspecified atom stereocenters. The van der Waals surface area contributed by atoms with Gasteiger partial charge in [-0.15, -0.1) is 12.4 Å². The van der Waals surface area contributed by atoms with Crippen molar-refractivity contribution < 1.29 is 0 Å². The maximum absolute atomic E-state index is 6.18. The standard InChI is InChI=1S/C11H14Cl2N2.ClH/c1-8-7-14-5-6-15(8)11-9(12)3-2-4-10(11)13;/h2-4,8,14H,5-7H2,1H3;1H/t8-;/m0./s1. The Morgan fingerprint density at radius 1 is 1.31 bits per heavy atom. The number of rotatable bonds is 1. The molecule has 5 heteroatoms. The summed E-state index contributed by atoms with van der Waals surface area (Å²) in [6, 6.07) is 6.08. The number of nitrogens with one attached hydrogen (secondary N) is 1. The summed E-state index contributed by atoms with van der Waals surface area (Å²) in [6.07, 6.45) is 0. The van der Waals surface area contributed by atoms with Gasteiger partial charge in [-0.05, 0) is 19.1 Å². The topological polar surface area (TPSA) is 15.3 Å². The Balaban J connectivity index is 0.00000128. The third-order valence-corrected chi connectivity index (χ3v) is 3.34. The van der Waals surface area contributed by atoms with E-state index >= 15 is 0 Å². The number of para-hydroxylation sites is 1. The molecule has 2 nitrogen and oxygen atoms in total. The monoisotopic (exact) mass is 280 g/mol. The molecule has 1 N–H and O–H groups in total. The Kier molecular flexibility index (Phi) is 5.19. The van der Waals surface area contributed by atoms with Crippen molar-refractivity contribution in [3.63, 3.8) is 0 Å². The minimum absolute atomic E-state index is 0. The molecule has 0 saturated carbocycles. The van der Waals surface area contributed by atoms with Gasteiger partial charge < -0.3 is 10.2 Å². The highest BCUT2D eigenvalue weighted by Crippen LogP contribution is 2.34. The quantitative estimate of drug-likeness (QED) is 0.850. The molecule has 1 aliphatic rings. The molecule has 2 rings (SSSR count). The van der Waals surface area contributed by atoms with Gasteiger partial charge in [-0.3, -0.25) is 0 Å². The zero-order valence-corrected chi connectivity index (χ0v) is 11.4. The van der Waals surface area contributed by atoms with Crippen LogP contribution in [0, 0.1) is 0 Å². The van der Waals surface area contributed by atoms with Gasteiger partial charge in [0.25, 0.3) is 0 Å². The lowest BCUT2D eigenvalue weighted by molar-refractivity contribution is 0.501. The fraction of sp³-hybridized carbons (Fsp3) is 0.455. The first-order chi connectivity index (χ1) is 7.20. The number of piperazine rings is 1. The normalized spacial score (nSPS) is 20.4. The fourth-order valence-electron chi connectivity index (χ4n) is 1.94. The molecule has 1 aromatic rings. The molecule has 1 atom stereocenters. The lowest BCUT2D eigenvalue weighted by Gasteiger charge is -2.36.